The molecule has 1 aromatic carbocycles. The molecule has 0 amide bonds. The lowest BCUT2D eigenvalue weighted by Crippen LogP contribution is -2.10. The SMILES string of the molecule is Cc1ccc(-c2csc3ncnc(SCC(N)=S)c23)c(C)c1. The van der Waals surface area contributed by atoms with Crippen LogP contribution < -0.4 is 5.73 Å². The van der Waals surface area contributed by atoms with Gasteiger partial charge in [-0.1, -0.05) is 47.7 Å². The number of aryl methyl sites for hydroxylation is 2. The smallest absolute Gasteiger partial charge is 0.128 e. The van der Waals surface area contributed by atoms with Crippen molar-refractivity contribution >= 4 is 50.5 Å². The van der Waals surface area contributed by atoms with E-state index in [0.717, 1.165) is 15.2 Å². The minimum absolute atomic E-state index is 0.486. The Hall–Kier alpha value is -1.50. The second-order valence-electron chi connectivity index (χ2n) is 5.08. The van der Waals surface area contributed by atoms with Crippen molar-refractivity contribution in [3.8, 4) is 11.1 Å². The Labute approximate surface area is 143 Å². The predicted molar refractivity (Wildman–Crippen MR) is 99.8 cm³/mol. The second kappa shape index (κ2) is 6.32. The van der Waals surface area contributed by atoms with Gasteiger partial charge >= 0.3 is 0 Å². The maximum absolute atomic E-state index is 5.62. The largest absolute Gasteiger partial charge is 0.393 e. The first-order valence-corrected chi connectivity index (χ1v) is 9.04. The van der Waals surface area contributed by atoms with E-state index < -0.39 is 0 Å². The van der Waals surface area contributed by atoms with Crippen molar-refractivity contribution < 1.29 is 0 Å². The summed E-state index contributed by atoms with van der Waals surface area (Å²) in [5.74, 6) is 0.587. The van der Waals surface area contributed by atoms with Crippen molar-refractivity contribution in [1.29, 1.82) is 0 Å². The van der Waals surface area contributed by atoms with Crippen LogP contribution in [0.1, 0.15) is 11.1 Å². The molecule has 0 spiro atoms. The lowest BCUT2D eigenvalue weighted by molar-refractivity contribution is 1.11. The zero-order valence-corrected chi connectivity index (χ0v) is 14.7. The molecule has 2 aromatic heterocycles. The number of benzene rings is 1. The molecule has 0 aliphatic rings. The highest BCUT2D eigenvalue weighted by Gasteiger charge is 2.15. The van der Waals surface area contributed by atoms with Gasteiger partial charge in [0.25, 0.3) is 0 Å². The van der Waals surface area contributed by atoms with Crippen molar-refractivity contribution in [2.45, 2.75) is 18.9 Å². The number of nitrogens with zero attached hydrogens (tertiary/aromatic N) is 2. The number of nitrogens with two attached hydrogens (primary N) is 1. The number of fused-ring (bicyclic) bond motifs is 1. The number of aromatic nitrogens is 2. The first kappa shape index (κ1) is 15.4. The highest BCUT2D eigenvalue weighted by Crippen LogP contribution is 2.39. The first-order valence-electron chi connectivity index (χ1n) is 6.77. The Morgan fingerprint density at radius 1 is 1.27 bits per heavy atom. The Morgan fingerprint density at radius 2 is 2.09 bits per heavy atom. The monoisotopic (exact) mass is 345 g/mol. The Morgan fingerprint density at radius 3 is 2.82 bits per heavy atom. The highest BCUT2D eigenvalue weighted by atomic mass is 32.2. The normalized spacial score (nSPS) is 11.0. The van der Waals surface area contributed by atoms with Crippen LogP contribution in [0.25, 0.3) is 21.3 Å². The van der Waals surface area contributed by atoms with Crippen LogP contribution in [-0.4, -0.2) is 20.7 Å². The fourth-order valence-electron chi connectivity index (χ4n) is 2.41. The third-order valence-electron chi connectivity index (χ3n) is 3.36. The maximum Gasteiger partial charge on any atom is 0.128 e. The van der Waals surface area contributed by atoms with E-state index in [2.05, 4.69) is 47.4 Å². The van der Waals surface area contributed by atoms with Gasteiger partial charge in [-0.3, -0.25) is 0 Å². The van der Waals surface area contributed by atoms with Gasteiger partial charge in [0.1, 0.15) is 16.2 Å². The molecule has 0 bridgehead atoms. The number of hydrogen-bond acceptors (Lipinski definition) is 5. The van der Waals surface area contributed by atoms with Gasteiger partial charge < -0.3 is 5.73 Å². The van der Waals surface area contributed by atoms with E-state index in [9.17, 15) is 0 Å². The van der Waals surface area contributed by atoms with Gasteiger partial charge in [0.2, 0.25) is 0 Å². The van der Waals surface area contributed by atoms with Crippen LogP contribution in [0.4, 0.5) is 0 Å². The van der Waals surface area contributed by atoms with Gasteiger partial charge in [-0.15, -0.1) is 11.3 Å². The van der Waals surface area contributed by atoms with Gasteiger partial charge in [-0.05, 0) is 25.0 Å². The minimum atomic E-state index is 0.486. The number of rotatable bonds is 4. The quantitative estimate of drug-likeness (QED) is 0.433. The summed E-state index contributed by atoms with van der Waals surface area (Å²) in [5, 5.41) is 4.19. The molecule has 3 rings (SSSR count). The molecule has 0 unspecified atom stereocenters. The average molecular weight is 346 g/mol. The van der Waals surface area contributed by atoms with E-state index in [4.69, 9.17) is 18.0 Å². The Balaban J connectivity index is 2.15. The molecule has 112 valence electrons. The summed E-state index contributed by atoms with van der Waals surface area (Å²) in [5.41, 5.74) is 10.6. The highest BCUT2D eigenvalue weighted by molar-refractivity contribution is 8.01. The molecule has 0 fully saturated rings. The van der Waals surface area contributed by atoms with Crippen LogP contribution in [0.15, 0.2) is 34.9 Å². The molecule has 2 heterocycles. The first-order chi connectivity index (χ1) is 10.6. The summed E-state index contributed by atoms with van der Waals surface area (Å²) < 4.78 is 0. The van der Waals surface area contributed by atoms with Crippen molar-refractivity contribution in [2.75, 3.05) is 5.75 Å². The zero-order chi connectivity index (χ0) is 15.7. The molecular formula is C16H15N3S3. The third-order valence-corrected chi connectivity index (χ3v) is 5.61. The molecule has 22 heavy (non-hydrogen) atoms. The summed E-state index contributed by atoms with van der Waals surface area (Å²) in [6, 6.07) is 6.50. The van der Waals surface area contributed by atoms with Gasteiger partial charge in [0.05, 0.1) is 10.4 Å². The van der Waals surface area contributed by atoms with Crippen molar-refractivity contribution in [1.82, 2.24) is 9.97 Å². The lowest BCUT2D eigenvalue weighted by atomic mass is 9.99. The predicted octanol–water partition coefficient (Wildman–Crippen LogP) is 4.35. The van der Waals surface area contributed by atoms with Gasteiger partial charge in [0, 0.05) is 16.7 Å². The van der Waals surface area contributed by atoms with E-state index in [1.165, 1.54) is 22.3 Å². The lowest BCUT2D eigenvalue weighted by Gasteiger charge is -2.08. The molecule has 0 saturated carbocycles. The van der Waals surface area contributed by atoms with Crippen molar-refractivity contribution in [2.24, 2.45) is 5.73 Å². The maximum atomic E-state index is 5.62. The Kier molecular flexibility index (Phi) is 4.42. The molecule has 0 aliphatic heterocycles. The molecule has 0 saturated heterocycles. The molecule has 3 nitrogen and oxygen atoms in total. The van der Waals surface area contributed by atoms with E-state index in [1.807, 2.05) is 0 Å². The second-order valence-corrected chi connectivity index (χ2v) is 7.43. The molecular weight excluding hydrogens is 330 g/mol. The number of thioether (sulfide) groups is 1. The average Bonchev–Trinajstić information content (AvgIpc) is 2.89. The molecule has 2 N–H and O–H groups in total. The van der Waals surface area contributed by atoms with E-state index in [0.29, 0.717) is 10.7 Å². The van der Waals surface area contributed by atoms with Gasteiger partial charge in [-0.25, -0.2) is 9.97 Å². The zero-order valence-electron chi connectivity index (χ0n) is 12.3. The summed E-state index contributed by atoms with van der Waals surface area (Å²) in [4.78, 5) is 10.3. The van der Waals surface area contributed by atoms with Crippen LogP contribution in [0.2, 0.25) is 0 Å². The molecule has 6 heteroatoms. The Bertz CT molecular complexity index is 855. The fraction of sp³-hybridized carbons (Fsp3) is 0.188. The van der Waals surface area contributed by atoms with Gasteiger partial charge in [0.15, 0.2) is 0 Å². The van der Waals surface area contributed by atoms with Crippen molar-refractivity contribution in [3.63, 3.8) is 0 Å². The van der Waals surface area contributed by atoms with E-state index in [1.54, 1.807) is 29.4 Å². The number of thiophene rings is 1. The molecule has 0 radical (unpaired) electrons. The van der Waals surface area contributed by atoms with Crippen LogP contribution in [0.3, 0.4) is 0 Å². The van der Waals surface area contributed by atoms with Gasteiger partial charge in [-0.2, -0.15) is 0 Å². The summed E-state index contributed by atoms with van der Waals surface area (Å²) in [7, 11) is 0. The topological polar surface area (TPSA) is 51.8 Å². The van der Waals surface area contributed by atoms with Crippen LogP contribution in [-0.2, 0) is 0 Å². The molecule has 3 aromatic rings. The third kappa shape index (κ3) is 2.99. The van der Waals surface area contributed by atoms with Crippen molar-refractivity contribution in [3.05, 3.63) is 41.0 Å². The minimum Gasteiger partial charge on any atom is -0.393 e. The fourth-order valence-corrected chi connectivity index (χ4v) is 4.31. The number of hydrogen-bond donors (Lipinski definition) is 1. The summed E-state index contributed by atoms with van der Waals surface area (Å²) in [6.45, 7) is 4.24. The van der Waals surface area contributed by atoms with Crippen LogP contribution in [0, 0.1) is 13.8 Å². The standard InChI is InChI=1S/C16H15N3S3/c1-9-3-4-11(10(2)5-9)12-6-21-15-14(12)16(19-8-18-15)22-7-13(17)20/h3-6,8H,7H2,1-2H3,(H2,17,20). The van der Waals surface area contributed by atoms with Crippen LogP contribution in [0.5, 0.6) is 0 Å². The van der Waals surface area contributed by atoms with E-state index >= 15 is 0 Å². The molecule has 0 atom stereocenters. The summed E-state index contributed by atoms with van der Waals surface area (Å²) in [6.07, 6.45) is 1.60. The summed E-state index contributed by atoms with van der Waals surface area (Å²) >= 11 is 8.19. The number of thiocarbonyl (C=S) groups is 1. The van der Waals surface area contributed by atoms with Crippen LogP contribution >= 0.6 is 35.3 Å². The van der Waals surface area contributed by atoms with E-state index in [-0.39, 0.29) is 0 Å². The molecule has 0 aliphatic carbocycles.